The Labute approximate surface area is 130 Å². The van der Waals surface area contributed by atoms with E-state index >= 15 is 0 Å². The average molecular weight is 288 g/mol. The van der Waals surface area contributed by atoms with E-state index in [1.807, 2.05) is 0 Å². The molecule has 4 bridgehead atoms. The van der Waals surface area contributed by atoms with Gasteiger partial charge in [-0.15, -0.1) is 0 Å². The summed E-state index contributed by atoms with van der Waals surface area (Å²) in [6, 6.07) is 0. The van der Waals surface area contributed by atoms with Crippen molar-refractivity contribution in [2.24, 2.45) is 23.7 Å². The molecule has 1 heterocycles. The Morgan fingerprint density at radius 3 is 2.14 bits per heavy atom. The van der Waals surface area contributed by atoms with Crippen LogP contribution in [0.5, 0.6) is 0 Å². The van der Waals surface area contributed by atoms with Crippen LogP contribution >= 0.6 is 0 Å². The summed E-state index contributed by atoms with van der Waals surface area (Å²) in [5.41, 5.74) is 1.04. The second kappa shape index (κ2) is 4.47. The van der Waals surface area contributed by atoms with Crippen molar-refractivity contribution >= 4 is 0 Å². The van der Waals surface area contributed by atoms with E-state index < -0.39 is 0 Å². The predicted octanol–water partition coefficient (Wildman–Crippen LogP) is 3.42. The third-order valence-corrected chi connectivity index (χ3v) is 7.81. The van der Waals surface area contributed by atoms with Crippen LogP contribution in [0.1, 0.15) is 64.7 Å². The first-order valence-electron chi connectivity index (χ1n) is 9.65. The summed E-state index contributed by atoms with van der Waals surface area (Å²) in [7, 11) is 0. The summed E-state index contributed by atoms with van der Waals surface area (Å²) < 4.78 is 0. The second-order valence-corrected chi connectivity index (χ2v) is 9.54. The molecule has 1 aliphatic heterocycles. The quantitative estimate of drug-likeness (QED) is 0.837. The molecule has 118 valence electrons. The molecule has 5 saturated carbocycles. The van der Waals surface area contributed by atoms with E-state index in [1.165, 1.54) is 38.9 Å². The molecule has 1 N–H and O–H groups in total. The molecule has 2 nitrogen and oxygen atoms in total. The van der Waals surface area contributed by atoms with Crippen molar-refractivity contribution in [3.8, 4) is 0 Å². The van der Waals surface area contributed by atoms with Gasteiger partial charge in [0.15, 0.2) is 0 Å². The highest BCUT2D eigenvalue weighted by molar-refractivity contribution is 5.10. The maximum Gasteiger partial charge on any atom is 0.0308 e. The number of hydrogen-bond acceptors (Lipinski definition) is 2. The van der Waals surface area contributed by atoms with Gasteiger partial charge in [0.05, 0.1) is 0 Å². The van der Waals surface area contributed by atoms with E-state index in [1.54, 1.807) is 38.5 Å². The smallest absolute Gasteiger partial charge is 0.0308 e. The molecule has 0 radical (unpaired) electrons. The molecule has 6 rings (SSSR count). The lowest BCUT2D eigenvalue weighted by Gasteiger charge is -2.61. The van der Waals surface area contributed by atoms with E-state index in [4.69, 9.17) is 0 Å². The van der Waals surface area contributed by atoms with Crippen LogP contribution in [0.2, 0.25) is 0 Å². The predicted molar refractivity (Wildman–Crippen MR) is 86.2 cm³/mol. The fraction of sp³-hybridized carbons (Fsp3) is 1.00. The van der Waals surface area contributed by atoms with E-state index in [0.29, 0.717) is 11.1 Å². The van der Waals surface area contributed by atoms with Gasteiger partial charge in [0.2, 0.25) is 0 Å². The lowest BCUT2D eigenvalue weighted by Crippen LogP contribution is -2.63. The van der Waals surface area contributed by atoms with Crippen LogP contribution in [-0.4, -0.2) is 35.6 Å². The molecule has 0 spiro atoms. The van der Waals surface area contributed by atoms with Gasteiger partial charge >= 0.3 is 0 Å². The number of rotatable bonds is 2. The molecule has 2 heteroatoms. The van der Waals surface area contributed by atoms with Gasteiger partial charge in [-0.3, -0.25) is 4.90 Å². The fourth-order valence-corrected chi connectivity index (χ4v) is 7.03. The minimum atomic E-state index is 0.416. The van der Waals surface area contributed by atoms with Crippen molar-refractivity contribution in [2.75, 3.05) is 19.6 Å². The van der Waals surface area contributed by atoms with Crippen LogP contribution in [0.3, 0.4) is 0 Å². The molecule has 0 amide bonds. The third kappa shape index (κ3) is 2.12. The van der Waals surface area contributed by atoms with E-state index in [-0.39, 0.29) is 0 Å². The minimum Gasteiger partial charge on any atom is -0.310 e. The van der Waals surface area contributed by atoms with E-state index in [0.717, 1.165) is 23.7 Å². The highest BCUT2D eigenvalue weighted by atomic mass is 15.3. The molecule has 6 fully saturated rings. The Morgan fingerprint density at radius 1 is 0.952 bits per heavy atom. The summed E-state index contributed by atoms with van der Waals surface area (Å²) >= 11 is 0. The average Bonchev–Trinajstić information content (AvgIpc) is 3.23. The van der Waals surface area contributed by atoms with E-state index in [2.05, 4.69) is 17.1 Å². The Kier molecular flexibility index (Phi) is 2.85. The van der Waals surface area contributed by atoms with Gasteiger partial charge in [0.1, 0.15) is 0 Å². The first-order chi connectivity index (χ1) is 10.2. The maximum atomic E-state index is 3.94. The van der Waals surface area contributed by atoms with Crippen molar-refractivity contribution < 1.29 is 0 Å². The van der Waals surface area contributed by atoms with E-state index in [9.17, 15) is 0 Å². The summed E-state index contributed by atoms with van der Waals surface area (Å²) in [5, 5.41) is 3.94. The lowest BCUT2D eigenvalue weighted by atomic mass is 9.52. The van der Waals surface area contributed by atoms with Gasteiger partial charge in [-0.1, -0.05) is 0 Å². The molecule has 0 aromatic carbocycles. The van der Waals surface area contributed by atoms with Crippen molar-refractivity contribution in [2.45, 2.75) is 75.8 Å². The van der Waals surface area contributed by atoms with Gasteiger partial charge in [-0.25, -0.2) is 0 Å². The molecule has 1 atom stereocenters. The van der Waals surface area contributed by atoms with Crippen LogP contribution in [-0.2, 0) is 0 Å². The van der Waals surface area contributed by atoms with Crippen LogP contribution in [0.15, 0.2) is 0 Å². The Bertz CT molecular complexity index is 392. The number of nitrogens with one attached hydrogen (secondary N) is 1. The van der Waals surface area contributed by atoms with Crippen LogP contribution < -0.4 is 5.32 Å². The standard InChI is InChI=1S/C19H32N2/c1-18(17-3-4-17)13-21(6-2-5-20-18)19-10-14-7-15(11-19)9-16(8-14)12-19/h14-17,20H,2-13H2,1H3. The molecule has 0 aromatic heterocycles. The second-order valence-electron chi connectivity index (χ2n) is 9.54. The summed E-state index contributed by atoms with van der Waals surface area (Å²) in [4.78, 5) is 3.01. The van der Waals surface area contributed by atoms with Gasteiger partial charge < -0.3 is 5.32 Å². The molecule has 0 aromatic rings. The first-order valence-corrected chi connectivity index (χ1v) is 9.65. The molecule has 5 aliphatic carbocycles. The van der Waals surface area contributed by atoms with Gasteiger partial charge in [-0.05, 0) is 101 Å². The van der Waals surface area contributed by atoms with Crippen LogP contribution in [0, 0.1) is 23.7 Å². The Morgan fingerprint density at radius 2 is 1.57 bits per heavy atom. The van der Waals surface area contributed by atoms with Crippen LogP contribution in [0.25, 0.3) is 0 Å². The summed E-state index contributed by atoms with van der Waals surface area (Å²) in [5.74, 6) is 4.21. The number of nitrogens with zero attached hydrogens (tertiary/aromatic N) is 1. The normalized spacial score (nSPS) is 53.9. The molecule has 6 aliphatic rings. The lowest BCUT2D eigenvalue weighted by molar-refractivity contribution is -0.0936. The maximum absolute atomic E-state index is 3.94. The third-order valence-electron chi connectivity index (χ3n) is 7.81. The molecular formula is C19H32N2. The molecular weight excluding hydrogens is 256 g/mol. The first kappa shape index (κ1) is 13.4. The Balaban J connectivity index is 1.43. The van der Waals surface area contributed by atoms with Crippen molar-refractivity contribution in [3.63, 3.8) is 0 Å². The SMILES string of the molecule is CC1(C2CC2)CN(C23CC4CC(CC(C4)C2)C3)CCCN1. The minimum absolute atomic E-state index is 0.416. The van der Waals surface area contributed by atoms with Gasteiger partial charge in [-0.2, -0.15) is 0 Å². The van der Waals surface area contributed by atoms with Gasteiger partial charge in [0.25, 0.3) is 0 Å². The topological polar surface area (TPSA) is 15.3 Å². The monoisotopic (exact) mass is 288 g/mol. The highest BCUT2D eigenvalue weighted by Gasteiger charge is 2.55. The van der Waals surface area contributed by atoms with Crippen molar-refractivity contribution in [1.29, 1.82) is 0 Å². The summed E-state index contributed by atoms with van der Waals surface area (Å²) in [6.45, 7) is 6.48. The zero-order valence-corrected chi connectivity index (χ0v) is 13.7. The van der Waals surface area contributed by atoms with Crippen molar-refractivity contribution in [3.05, 3.63) is 0 Å². The highest BCUT2D eigenvalue weighted by Crippen LogP contribution is 2.58. The van der Waals surface area contributed by atoms with Crippen molar-refractivity contribution in [1.82, 2.24) is 10.2 Å². The molecule has 1 unspecified atom stereocenters. The largest absolute Gasteiger partial charge is 0.310 e. The fourth-order valence-electron chi connectivity index (χ4n) is 7.03. The van der Waals surface area contributed by atoms with Crippen LogP contribution in [0.4, 0.5) is 0 Å². The number of hydrogen-bond donors (Lipinski definition) is 1. The summed E-state index contributed by atoms with van der Waals surface area (Å²) in [6.07, 6.45) is 13.7. The van der Waals surface area contributed by atoms with Gasteiger partial charge in [0, 0.05) is 17.6 Å². The molecule has 21 heavy (non-hydrogen) atoms. The Hall–Kier alpha value is -0.0800. The zero-order valence-electron chi connectivity index (χ0n) is 13.7. The molecule has 1 saturated heterocycles. The zero-order chi connectivity index (χ0) is 14.1.